The van der Waals surface area contributed by atoms with Gasteiger partial charge in [0.15, 0.2) is 11.7 Å². The van der Waals surface area contributed by atoms with Gasteiger partial charge in [0, 0.05) is 25.7 Å². The molecular formula is C19H34IN5O3. The molecule has 0 aromatic carbocycles. The Hall–Kier alpha value is -1.52. The maximum atomic E-state index is 12.0. The Morgan fingerprint density at radius 1 is 1.46 bits per heavy atom. The maximum absolute atomic E-state index is 12.0. The molecule has 0 saturated carbocycles. The van der Waals surface area contributed by atoms with E-state index in [0.717, 1.165) is 36.9 Å². The number of rotatable bonds is 5. The van der Waals surface area contributed by atoms with Gasteiger partial charge in [-0.15, -0.1) is 24.0 Å². The van der Waals surface area contributed by atoms with Gasteiger partial charge in [0.05, 0.1) is 11.7 Å². The summed E-state index contributed by atoms with van der Waals surface area (Å²) >= 11 is 0. The minimum absolute atomic E-state index is 0. The van der Waals surface area contributed by atoms with Crippen molar-refractivity contribution >= 4 is 36.0 Å². The van der Waals surface area contributed by atoms with Crippen molar-refractivity contribution in [1.82, 2.24) is 20.7 Å². The third kappa shape index (κ3) is 7.84. The molecule has 1 amide bonds. The zero-order valence-electron chi connectivity index (χ0n) is 17.7. The standard InChI is InChI=1S/C19H33N5O3.HI/c1-7-20-17(21-11-15-10-16(13(2)3)23-27-15)24-9-8-14(12-24)22-18(25)26-19(4,5)6;/h10,13-14H,7-9,11-12H2,1-6H3,(H,20,21)(H,22,25);1H. The Kier molecular flexibility index (Phi) is 9.52. The van der Waals surface area contributed by atoms with Crippen molar-refractivity contribution in [3.05, 3.63) is 17.5 Å². The molecule has 28 heavy (non-hydrogen) atoms. The number of nitrogens with one attached hydrogen (secondary N) is 2. The quantitative estimate of drug-likeness (QED) is 0.360. The Morgan fingerprint density at radius 3 is 2.75 bits per heavy atom. The van der Waals surface area contributed by atoms with Crippen molar-refractivity contribution in [2.75, 3.05) is 19.6 Å². The fourth-order valence-electron chi connectivity index (χ4n) is 2.80. The van der Waals surface area contributed by atoms with Crippen LogP contribution in [0, 0.1) is 0 Å². The Bertz CT molecular complexity index is 654. The van der Waals surface area contributed by atoms with Crippen LogP contribution in [0.4, 0.5) is 4.79 Å². The first-order chi connectivity index (χ1) is 12.7. The zero-order chi connectivity index (χ0) is 20.0. The molecule has 2 rings (SSSR count). The van der Waals surface area contributed by atoms with Crippen LogP contribution >= 0.6 is 24.0 Å². The molecule has 2 heterocycles. The summed E-state index contributed by atoms with van der Waals surface area (Å²) < 4.78 is 10.7. The van der Waals surface area contributed by atoms with E-state index in [2.05, 4.69) is 39.5 Å². The maximum Gasteiger partial charge on any atom is 0.407 e. The predicted molar refractivity (Wildman–Crippen MR) is 120 cm³/mol. The number of guanidine groups is 1. The number of aromatic nitrogens is 1. The van der Waals surface area contributed by atoms with Crippen LogP contribution in [0.2, 0.25) is 0 Å². The Morgan fingerprint density at radius 2 is 2.18 bits per heavy atom. The molecule has 1 fully saturated rings. The van der Waals surface area contributed by atoms with Crippen molar-refractivity contribution in [2.45, 2.75) is 72.1 Å². The summed E-state index contributed by atoms with van der Waals surface area (Å²) in [6.45, 7) is 14.5. The van der Waals surface area contributed by atoms with Gasteiger partial charge in [0.25, 0.3) is 0 Å². The van der Waals surface area contributed by atoms with Gasteiger partial charge in [-0.3, -0.25) is 0 Å². The smallest absolute Gasteiger partial charge is 0.407 e. The lowest BCUT2D eigenvalue weighted by Gasteiger charge is -2.23. The second-order valence-corrected chi connectivity index (χ2v) is 8.12. The second kappa shape index (κ2) is 10.9. The van der Waals surface area contributed by atoms with Crippen LogP contribution in [-0.4, -0.2) is 53.4 Å². The highest BCUT2D eigenvalue weighted by Gasteiger charge is 2.27. The van der Waals surface area contributed by atoms with E-state index in [-0.39, 0.29) is 36.1 Å². The SMILES string of the molecule is CCNC(=NCc1cc(C(C)C)no1)N1CCC(NC(=O)OC(C)(C)C)C1.I. The number of carbonyl (C=O) groups excluding carboxylic acids is 1. The molecule has 0 aliphatic carbocycles. The normalized spacial score (nSPS) is 17.5. The molecule has 0 radical (unpaired) electrons. The lowest BCUT2D eigenvalue weighted by atomic mass is 10.1. The number of aliphatic imine (C=N–C) groups is 1. The van der Waals surface area contributed by atoms with Crippen LogP contribution in [0.5, 0.6) is 0 Å². The summed E-state index contributed by atoms with van der Waals surface area (Å²) in [5.74, 6) is 1.89. The molecule has 160 valence electrons. The fraction of sp³-hybridized carbons (Fsp3) is 0.737. The molecule has 1 saturated heterocycles. The van der Waals surface area contributed by atoms with E-state index in [9.17, 15) is 4.79 Å². The van der Waals surface area contributed by atoms with E-state index in [0.29, 0.717) is 19.0 Å². The average molecular weight is 507 g/mol. The topological polar surface area (TPSA) is 92.0 Å². The molecule has 1 unspecified atom stereocenters. The van der Waals surface area contributed by atoms with Gasteiger partial charge in [0.1, 0.15) is 12.1 Å². The van der Waals surface area contributed by atoms with Gasteiger partial charge >= 0.3 is 6.09 Å². The minimum Gasteiger partial charge on any atom is -0.444 e. The number of ether oxygens (including phenoxy) is 1. The molecule has 2 N–H and O–H groups in total. The largest absolute Gasteiger partial charge is 0.444 e. The average Bonchev–Trinajstić information content (AvgIpc) is 3.19. The van der Waals surface area contributed by atoms with Gasteiger partial charge in [-0.2, -0.15) is 0 Å². The van der Waals surface area contributed by atoms with Crippen molar-refractivity contribution in [1.29, 1.82) is 0 Å². The lowest BCUT2D eigenvalue weighted by molar-refractivity contribution is 0.0507. The van der Waals surface area contributed by atoms with E-state index in [1.807, 2.05) is 33.8 Å². The summed E-state index contributed by atoms with van der Waals surface area (Å²) in [5.41, 5.74) is 0.443. The van der Waals surface area contributed by atoms with Crippen LogP contribution in [-0.2, 0) is 11.3 Å². The number of likely N-dealkylation sites (tertiary alicyclic amines) is 1. The highest BCUT2D eigenvalue weighted by molar-refractivity contribution is 14.0. The molecule has 0 bridgehead atoms. The number of alkyl carbamates (subject to hydrolysis) is 1. The van der Waals surface area contributed by atoms with E-state index in [4.69, 9.17) is 9.26 Å². The summed E-state index contributed by atoms with van der Waals surface area (Å²) in [4.78, 5) is 18.8. The fourth-order valence-corrected chi connectivity index (χ4v) is 2.80. The molecule has 9 heteroatoms. The Labute approximate surface area is 184 Å². The number of hydrogen-bond acceptors (Lipinski definition) is 5. The van der Waals surface area contributed by atoms with Gasteiger partial charge in [-0.05, 0) is 40.0 Å². The number of halogens is 1. The van der Waals surface area contributed by atoms with E-state index < -0.39 is 5.60 Å². The van der Waals surface area contributed by atoms with Gasteiger partial charge < -0.3 is 24.8 Å². The lowest BCUT2D eigenvalue weighted by Crippen LogP contribution is -2.44. The van der Waals surface area contributed by atoms with Crippen LogP contribution in [0.3, 0.4) is 0 Å². The molecule has 1 atom stereocenters. The third-order valence-corrected chi connectivity index (χ3v) is 4.10. The van der Waals surface area contributed by atoms with Crippen molar-refractivity contribution < 1.29 is 14.1 Å². The van der Waals surface area contributed by atoms with E-state index >= 15 is 0 Å². The van der Waals surface area contributed by atoms with Gasteiger partial charge in [-0.1, -0.05) is 19.0 Å². The predicted octanol–water partition coefficient (Wildman–Crippen LogP) is 3.48. The molecule has 1 aromatic heterocycles. The van der Waals surface area contributed by atoms with Crippen LogP contribution in [0.25, 0.3) is 0 Å². The van der Waals surface area contributed by atoms with Crippen LogP contribution in [0.15, 0.2) is 15.6 Å². The molecule has 8 nitrogen and oxygen atoms in total. The number of nitrogens with zero attached hydrogens (tertiary/aromatic N) is 3. The third-order valence-electron chi connectivity index (χ3n) is 4.10. The highest BCUT2D eigenvalue weighted by Crippen LogP contribution is 2.16. The number of amides is 1. The van der Waals surface area contributed by atoms with E-state index in [1.54, 1.807) is 0 Å². The summed E-state index contributed by atoms with van der Waals surface area (Å²) in [6.07, 6.45) is 0.475. The summed E-state index contributed by atoms with van der Waals surface area (Å²) in [6, 6.07) is 2.00. The van der Waals surface area contributed by atoms with Crippen LogP contribution in [0.1, 0.15) is 65.3 Å². The summed E-state index contributed by atoms with van der Waals surface area (Å²) in [7, 11) is 0. The minimum atomic E-state index is -0.495. The molecule has 1 aliphatic heterocycles. The first kappa shape index (κ1) is 24.5. The molecule has 0 spiro atoms. The monoisotopic (exact) mass is 507 g/mol. The van der Waals surface area contributed by atoms with Gasteiger partial charge in [-0.25, -0.2) is 9.79 Å². The first-order valence-electron chi connectivity index (χ1n) is 9.66. The van der Waals surface area contributed by atoms with Crippen molar-refractivity contribution in [2.24, 2.45) is 4.99 Å². The van der Waals surface area contributed by atoms with E-state index in [1.165, 1.54) is 0 Å². The van der Waals surface area contributed by atoms with Crippen molar-refractivity contribution in [3.8, 4) is 0 Å². The number of hydrogen-bond donors (Lipinski definition) is 2. The number of carbonyl (C=O) groups is 1. The first-order valence-corrected chi connectivity index (χ1v) is 9.66. The van der Waals surface area contributed by atoms with Gasteiger partial charge in [0.2, 0.25) is 0 Å². The molecular weight excluding hydrogens is 473 g/mol. The van der Waals surface area contributed by atoms with Crippen LogP contribution < -0.4 is 10.6 Å². The summed E-state index contributed by atoms with van der Waals surface area (Å²) in [5, 5.41) is 10.3. The van der Waals surface area contributed by atoms with Crippen molar-refractivity contribution in [3.63, 3.8) is 0 Å². The second-order valence-electron chi connectivity index (χ2n) is 8.12. The molecule has 1 aromatic rings. The zero-order valence-corrected chi connectivity index (χ0v) is 20.1. The molecule has 1 aliphatic rings. The highest BCUT2D eigenvalue weighted by atomic mass is 127. The Balaban J connectivity index is 0.00000392.